The lowest BCUT2D eigenvalue weighted by Crippen LogP contribution is -2.19. The second kappa shape index (κ2) is 5.37. The zero-order valence-corrected chi connectivity index (χ0v) is 11.6. The van der Waals surface area contributed by atoms with Crippen LogP contribution in [0.2, 0.25) is 0 Å². The van der Waals surface area contributed by atoms with E-state index in [0.29, 0.717) is 5.69 Å². The predicted octanol–water partition coefficient (Wildman–Crippen LogP) is 1.84. The third-order valence-corrected chi connectivity index (χ3v) is 3.05. The van der Waals surface area contributed by atoms with Crippen molar-refractivity contribution in [2.45, 2.75) is 6.54 Å². The van der Waals surface area contributed by atoms with Crippen molar-refractivity contribution in [1.82, 2.24) is 20.2 Å². The molecular weight excluding hydrogens is 354 g/mol. The molecule has 0 saturated carbocycles. The third-order valence-electron chi connectivity index (χ3n) is 1.90. The van der Waals surface area contributed by atoms with Gasteiger partial charge in [-0.1, -0.05) is 15.9 Å². The number of hydrogen-bond acceptors (Lipinski definition) is 4. The van der Waals surface area contributed by atoms with Crippen LogP contribution in [0.1, 0.15) is 0 Å². The van der Waals surface area contributed by atoms with Gasteiger partial charge in [0, 0.05) is 8.95 Å². The van der Waals surface area contributed by atoms with Crippen molar-refractivity contribution >= 4 is 43.5 Å². The van der Waals surface area contributed by atoms with Gasteiger partial charge >= 0.3 is 0 Å². The summed E-state index contributed by atoms with van der Waals surface area (Å²) in [6.07, 6.45) is 1.39. The molecule has 0 radical (unpaired) electrons. The minimum Gasteiger partial charge on any atom is -0.323 e. The van der Waals surface area contributed by atoms with Gasteiger partial charge in [0.05, 0.1) is 5.69 Å². The average molecular weight is 361 g/mol. The Bertz CT molecular complexity index is 528. The molecule has 0 aliphatic heterocycles. The van der Waals surface area contributed by atoms with Crippen LogP contribution < -0.4 is 5.32 Å². The van der Waals surface area contributed by atoms with E-state index in [1.807, 2.05) is 12.1 Å². The van der Waals surface area contributed by atoms with Crippen LogP contribution in [0.4, 0.5) is 5.69 Å². The van der Waals surface area contributed by atoms with Gasteiger partial charge in [0.15, 0.2) is 0 Å². The zero-order valence-electron chi connectivity index (χ0n) is 8.47. The number of benzene rings is 1. The highest BCUT2D eigenvalue weighted by molar-refractivity contribution is 9.11. The maximum absolute atomic E-state index is 11.7. The molecule has 0 unspecified atom stereocenters. The largest absolute Gasteiger partial charge is 0.323 e. The summed E-state index contributed by atoms with van der Waals surface area (Å²) in [5.74, 6) is -0.194. The number of nitrogens with one attached hydrogen (secondary N) is 1. The van der Waals surface area contributed by atoms with Crippen LogP contribution >= 0.6 is 31.9 Å². The van der Waals surface area contributed by atoms with Crippen molar-refractivity contribution in [1.29, 1.82) is 0 Å². The van der Waals surface area contributed by atoms with E-state index < -0.39 is 0 Å². The first-order valence-corrected chi connectivity index (χ1v) is 6.19. The molecule has 1 aromatic carbocycles. The molecule has 1 amide bonds. The Morgan fingerprint density at radius 3 is 2.88 bits per heavy atom. The zero-order chi connectivity index (χ0) is 12.3. The number of amides is 1. The van der Waals surface area contributed by atoms with E-state index in [2.05, 4.69) is 52.7 Å². The van der Waals surface area contributed by atoms with Gasteiger partial charge in [-0.3, -0.25) is 4.79 Å². The first-order chi connectivity index (χ1) is 8.15. The SMILES string of the molecule is O=C(Cn1cnnn1)Nc1ccc(Br)cc1Br. The molecule has 0 spiro atoms. The van der Waals surface area contributed by atoms with Gasteiger partial charge in [0.1, 0.15) is 12.9 Å². The summed E-state index contributed by atoms with van der Waals surface area (Å²) >= 11 is 6.70. The number of rotatable bonds is 3. The number of carbonyl (C=O) groups is 1. The topological polar surface area (TPSA) is 72.7 Å². The first kappa shape index (κ1) is 12.2. The van der Waals surface area contributed by atoms with E-state index in [1.54, 1.807) is 6.07 Å². The van der Waals surface area contributed by atoms with Crippen molar-refractivity contribution in [3.8, 4) is 0 Å². The Balaban J connectivity index is 2.03. The Hall–Kier alpha value is -1.28. The third kappa shape index (κ3) is 3.34. The smallest absolute Gasteiger partial charge is 0.246 e. The second-order valence-electron chi connectivity index (χ2n) is 3.18. The molecule has 2 rings (SSSR count). The fourth-order valence-electron chi connectivity index (χ4n) is 1.18. The number of tetrazole rings is 1. The number of hydrogen-bond donors (Lipinski definition) is 1. The highest BCUT2D eigenvalue weighted by Gasteiger charge is 2.07. The predicted molar refractivity (Wildman–Crippen MR) is 68.3 cm³/mol. The summed E-state index contributed by atoms with van der Waals surface area (Å²) in [6, 6.07) is 5.50. The molecule has 88 valence electrons. The minimum atomic E-state index is -0.194. The molecule has 0 fully saturated rings. The molecule has 0 aliphatic carbocycles. The second-order valence-corrected chi connectivity index (χ2v) is 4.95. The lowest BCUT2D eigenvalue weighted by molar-refractivity contribution is -0.116. The van der Waals surface area contributed by atoms with Crippen LogP contribution in [0.25, 0.3) is 0 Å². The van der Waals surface area contributed by atoms with Gasteiger partial charge in [0.25, 0.3) is 0 Å². The summed E-state index contributed by atoms with van der Waals surface area (Å²) < 4.78 is 3.09. The maximum Gasteiger partial charge on any atom is 0.246 e. The van der Waals surface area contributed by atoms with Crippen molar-refractivity contribution < 1.29 is 4.79 Å². The highest BCUT2D eigenvalue weighted by Crippen LogP contribution is 2.25. The van der Waals surface area contributed by atoms with Crippen LogP contribution in [0, 0.1) is 0 Å². The van der Waals surface area contributed by atoms with Crippen LogP contribution in [0.3, 0.4) is 0 Å². The van der Waals surface area contributed by atoms with Gasteiger partial charge in [-0.25, -0.2) is 4.68 Å². The van der Waals surface area contributed by atoms with Gasteiger partial charge in [0.2, 0.25) is 5.91 Å². The van der Waals surface area contributed by atoms with Crippen molar-refractivity contribution in [3.63, 3.8) is 0 Å². The quantitative estimate of drug-likeness (QED) is 0.906. The van der Waals surface area contributed by atoms with E-state index in [9.17, 15) is 4.79 Å². The normalized spacial score (nSPS) is 10.2. The fourth-order valence-corrected chi connectivity index (χ4v) is 2.33. The van der Waals surface area contributed by atoms with E-state index in [-0.39, 0.29) is 12.5 Å². The molecule has 6 nitrogen and oxygen atoms in total. The van der Waals surface area contributed by atoms with E-state index >= 15 is 0 Å². The number of anilines is 1. The van der Waals surface area contributed by atoms with Crippen LogP contribution in [-0.2, 0) is 11.3 Å². The van der Waals surface area contributed by atoms with E-state index in [1.165, 1.54) is 11.0 Å². The molecule has 0 bridgehead atoms. The fraction of sp³-hybridized carbons (Fsp3) is 0.111. The molecule has 0 aliphatic rings. The molecule has 1 heterocycles. The summed E-state index contributed by atoms with van der Waals surface area (Å²) in [5.41, 5.74) is 0.700. The summed E-state index contributed by atoms with van der Waals surface area (Å²) in [5, 5.41) is 13.3. The highest BCUT2D eigenvalue weighted by atomic mass is 79.9. The Kier molecular flexibility index (Phi) is 3.85. The summed E-state index contributed by atoms with van der Waals surface area (Å²) in [7, 11) is 0. The lowest BCUT2D eigenvalue weighted by Gasteiger charge is -2.07. The molecule has 8 heteroatoms. The number of aromatic nitrogens is 4. The summed E-state index contributed by atoms with van der Waals surface area (Å²) in [6.45, 7) is 0.0789. The molecular formula is C9H7Br2N5O. The molecule has 0 atom stereocenters. The molecule has 1 aromatic heterocycles. The lowest BCUT2D eigenvalue weighted by atomic mass is 10.3. The molecule has 1 N–H and O–H groups in total. The van der Waals surface area contributed by atoms with Crippen molar-refractivity contribution in [2.75, 3.05) is 5.32 Å². The average Bonchev–Trinajstić information content (AvgIpc) is 2.75. The molecule has 17 heavy (non-hydrogen) atoms. The maximum atomic E-state index is 11.7. The minimum absolute atomic E-state index is 0.0789. The van der Waals surface area contributed by atoms with Gasteiger partial charge in [-0.15, -0.1) is 5.10 Å². The molecule has 2 aromatic rings. The van der Waals surface area contributed by atoms with Crippen LogP contribution in [-0.4, -0.2) is 26.1 Å². The first-order valence-electron chi connectivity index (χ1n) is 4.61. The monoisotopic (exact) mass is 359 g/mol. The van der Waals surface area contributed by atoms with Crippen molar-refractivity contribution in [3.05, 3.63) is 33.5 Å². The van der Waals surface area contributed by atoms with Gasteiger partial charge in [-0.05, 0) is 44.6 Å². The van der Waals surface area contributed by atoms with Gasteiger partial charge < -0.3 is 5.32 Å². The van der Waals surface area contributed by atoms with Gasteiger partial charge in [-0.2, -0.15) is 0 Å². The summed E-state index contributed by atoms with van der Waals surface area (Å²) in [4.78, 5) is 11.7. The standard InChI is InChI=1S/C9H7Br2N5O/c10-6-1-2-8(7(11)3-6)13-9(17)4-16-5-12-14-15-16/h1-3,5H,4H2,(H,13,17). The Morgan fingerprint density at radius 1 is 1.41 bits per heavy atom. The molecule has 0 saturated heterocycles. The Morgan fingerprint density at radius 2 is 2.24 bits per heavy atom. The van der Waals surface area contributed by atoms with Crippen LogP contribution in [0.5, 0.6) is 0 Å². The Labute approximate surface area is 114 Å². The number of carbonyl (C=O) groups excluding carboxylic acids is 1. The van der Waals surface area contributed by atoms with E-state index in [4.69, 9.17) is 0 Å². The number of halogens is 2. The van der Waals surface area contributed by atoms with E-state index in [0.717, 1.165) is 8.95 Å². The van der Waals surface area contributed by atoms with Crippen molar-refractivity contribution in [2.24, 2.45) is 0 Å². The van der Waals surface area contributed by atoms with Crippen LogP contribution in [0.15, 0.2) is 33.5 Å². The number of nitrogens with zero attached hydrogens (tertiary/aromatic N) is 4.